The summed E-state index contributed by atoms with van der Waals surface area (Å²) in [4.78, 5) is 0. The van der Waals surface area contributed by atoms with Crippen LogP contribution in [0.15, 0.2) is 34.7 Å². The average Bonchev–Trinajstić information content (AvgIpc) is 2.93. The third-order valence-corrected chi connectivity index (χ3v) is 3.61. The monoisotopic (exact) mass is 244 g/mol. The van der Waals surface area contributed by atoms with E-state index in [1.54, 1.807) is 0 Å². The summed E-state index contributed by atoms with van der Waals surface area (Å²) in [6.07, 6.45) is 0. The molecule has 1 aliphatic heterocycles. The first-order chi connectivity index (χ1) is 8.65. The molecule has 1 aromatic carbocycles. The second-order valence-corrected chi connectivity index (χ2v) is 4.94. The molecule has 3 rings (SSSR count). The van der Waals surface area contributed by atoms with E-state index in [1.807, 2.05) is 38.1 Å². The van der Waals surface area contributed by atoms with E-state index in [0.717, 1.165) is 28.4 Å². The first kappa shape index (κ1) is 11.4. The predicted octanol–water partition coefficient (Wildman–Crippen LogP) is 2.57. The maximum atomic E-state index is 9.88. The topological polar surface area (TPSA) is 42.6 Å². The number of benzene rings is 1. The summed E-state index contributed by atoms with van der Waals surface area (Å²) in [5.74, 6) is 2.45. The van der Waals surface area contributed by atoms with Crippen LogP contribution in [-0.2, 0) is 5.41 Å². The summed E-state index contributed by atoms with van der Waals surface area (Å²) in [5, 5.41) is 9.88. The normalized spacial score (nSPS) is 21.7. The number of aryl methyl sites for hydroxylation is 2. The molecule has 0 spiro atoms. The Bertz CT molecular complexity index is 585. The molecule has 0 unspecified atom stereocenters. The molecule has 2 aromatic rings. The van der Waals surface area contributed by atoms with Crippen LogP contribution in [-0.4, -0.2) is 18.3 Å². The molecule has 0 aliphatic carbocycles. The number of hydrogen-bond donors (Lipinski definition) is 1. The fraction of sp³-hybridized carbons (Fsp3) is 0.333. The van der Waals surface area contributed by atoms with E-state index < -0.39 is 5.41 Å². The minimum Gasteiger partial charge on any atom is -0.492 e. The van der Waals surface area contributed by atoms with Crippen molar-refractivity contribution < 1.29 is 14.3 Å². The van der Waals surface area contributed by atoms with Crippen LogP contribution in [0.25, 0.3) is 0 Å². The Morgan fingerprint density at radius 3 is 2.72 bits per heavy atom. The molecule has 1 aliphatic rings. The lowest BCUT2D eigenvalue weighted by atomic mass is 9.80. The molecule has 0 radical (unpaired) electrons. The van der Waals surface area contributed by atoms with Crippen LogP contribution in [0.3, 0.4) is 0 Å². The molecular formula is C15H16O3. The Balaban J connectivity index is 2.19. The zero-order valence-electron chi connectivity index (χ0n) is 10.6. The lowest BCUT2D eigenvalue weighted by Crippen LogP contribution is -2.33. The molecular weight excluding hydrogens is 228 g/mol. The molecule has 0 amide bonds. The first-order valence-electron chi connectivity index (χ1n) is 6.07. The Morgan fingerprint density at radius 1 is 1.22 bits per heavy atom. The summed E-state index contributed by atoms with van der Waals surface area (Å²) in [7, 11) is 0. The molecule has 2 heterocycles. The van der Waals surface area contributed by atoms with E-state index in [9.17, 15) is 5.11 Å². The van der Waals surface area contributed by atoms with Crippen molar-refractivity contribution in [3.8, 4) is 5.75 Å². The van der Waals surface area contributed by atoms with Crippen molar-refractivity contribution in [2.75, 3.05) is 13.2 Å². The number of hydrogen-bond acceptors (Lipinski definition) is 3. The second-order valence-electron chi connectivity index (χ2n) is 4.94. The van der Waals surface area contributed by atoms with Crippen molar-refractivity contribution in [3.63, 3.8) is 0 Å². The van der Waals surface area contributed by atoms with Gasteiger partial charge in [-0.1, -0.05) is 17.7 Å². The van der Waals surface area contributed by atoms with Crippen LogP contribution in [0.4, 0.5) is 0 Å². The Hall–Kier alpha value is -1.74. The highest BCUT2D eigenvalue weighted by Gasteiger charge is 2.44. The van der Waals surface area contributed by atoms with Crippen LogP contribution >= 0.6 is 0 Å². The molecule has 1 N–H and O–H groups in total. The van der Waals surface area contributed by atoms with E-state index in [1.165, 1.54) is 0 Å². The summed E-state index contributed by atoms with van der Waals surface area (Å²) in [5.41, 5.74) is 1.61. The molecule has 1 aromatic heterocycles. The molecule has 3 nitrogen and oxygen atoms in total. The number of fused-ring (bicyclic) bond motifs is 1. The summed E-state index contributed by atoms with van der Waals surface area (Å²) in [6, 6.07) is 9.88. The van der Waals surface area contributed by atoms with Crippen LogP contribution < -0.4 is 4.74 Å². The van der Waals surface area contributed by atoms with Gasteiger partial charge in [-0.15, -0.1) is 0 Å². The zero-order chi connectivity index (χ0) is 12.8. The van der Waals surface area contributed by atoms with E-state index in [-0.39, 0.29) is 6.61 Å². The summed E-state index contributed by atoms with van der Waals surface area (Å²) < 4.78 is 11.4. The van der Waals surface area contributed by atoms with E-state index in [4.69, 9.17) is 9.15 Å². The molecule has 94 valence electrons. The van der Waals surface area contributed by atoms with Crippen LogP contribution in [0.5, 0.6) is 5.75 Å². The third kappa shape index (κ3) is 1.47. The lowest BCUT2D eigenvalue weighted by Gasteiger charge is -2.23. The van der Waals surface area contributed by atoms with Crippen LogP contribution in [0.1, 0.15) is 22.6 Å². The predicted molar refractivity (Wildman–Crippen MR) is 68.0 cm³/mol. The number of rotatable bonds is 2. The van der Waals surface area contributed by atoms with E-state index >= 15 is 0 Å². The van der Waals surface area contributed by atoms with Crippen molar-refractivity contribution in [1.82, 2.24) is 0 Å². The van der Waals surface area contributed by atoms with Gasteiger partial charge in [-0.05, 0) is 32.0 Å². The average molecular weight is 244 g/mol. The maximum absolute atomic E-state index is 9.88. The number of furan rings is 1. The van der Waals surface area contributed by atoms with Crippen LogP contribution in [0.2, 0.25) is 0 Å². The highest BCUT2D eigenvalue weighted by atomic mass is 16.5. The van der Waals surface area contributed by atoms with Gasteiger partial charge in [-0.25, -0.2) is 0 Å². The molecule has 18 heavy (non-hydrogen) atoms. The van der Waals surface area contributed by atoms with E-state index in [0.29, 0.717) is 6.61 Å². The largest absolute Gasteiger partial charge is 0.492 e. The van der Waals surface area contributed by atoms with Crippen molar-refractivity contribution in [2.45, 2.75) is 19.3 Å². The standard InChI is InChI=1S/C15H16O3/c1-10-3-5-13-12(7-10)15(8-16,9-17-13)14-6-4-11(2)18-14/h3-7,16H,8-9H2,1-2H3/t15-/m1/s1. The van der Waals surface area contributed by atoms with Crippen LogP contribution in [0, 0.1) is 13.8 Å². The maximum Gasteiger partial charge on any atom is 0.123 e. The van der Waals surface area contributed by atoms with Crippen molar-refractivity contribution in [2.24, 2.45) is 0 Å². The Kier molecular flexibility index (Phi) is 2.45. The smallest absolute Gasteiger partial charge is 0.123 e. The summed E-state index contributed by atoms with van der Waals surface area (Å²) >= 11 is 0. The van der Waals surface area contributed by atoms with Gasteiger partial charge in [0.1, 0.15) is 29.3 Å². The molecule has 0 saturated heterocycles. The number of ether oxygens (including phenoxy) is 1. The highest BCUT2D eigenvalue weighted by Crippen LogP contribution is 2.44. The number of aliphatic hydroxyl groups is 1. The second kappa shape index (κ2) is 3.89. The van der Waals surface area contributed by atoms with Gasteiger partial charge < -0.3 is 14.3 Å². The van der Waals surface area contributed by atoms with Gasteiger partial charge in [0.05, 0.1) is 6.61 Å². The van der Waals surface area contributed by atoms with Gasteiger partial charge in [0, 0.05) is 5.56 Å². The van der Waals surface area contributed by atoms with Gasteiger partial charge in [0.25, 0.3) is 0 Å². The van der Waals surface area contributed by atoms with Crippen molar-refractivity contribution in [1.29, 1.82) is 0 Å². The van der Waals surface area contributed by atoms with Gasteiger partial charge in [0.15, 0.2) is 0 Å². The van der Waals surface area contributed by atoms with E-state index in [2.05, 4.69) is 6.07 Å². The minimum absolute atomic E-state index is 0.0175. The Morgan fingerprint density at radius 2 is 2.06 bits per heavy atom. The van der Waals surface area contributed by atoms with Gasteiger partial charge in [-0.2, -0.15) is 0 Å². The quantitative estimate of drug-likeness (QED) is 0.882. The fourth-order valence-corrected chi connectivity index (χ4v) is 2.53. The van der Waals surface area contributed by atoms with Gasteiger partial charge >= 0.3 is 0 Å². The number of aliphatic hydroxyl groups excluding tert-OH is 1. The molecule has 0 fully saturated rings. The third-order valence-electron chi connectivity index (χ3n) is 3.61. The first-order valence-corrected chi connectivity index (χ1v) is 6.07. The molecule has 0 saturated carbocycles. The zero-order valence-corrected chi connectivity index (χ0v) is 10.6. The Labute approximate surface area is 106 Å². The van der Waals surface area contributed by atoms with Gasteiger partial charge in [-0.3, -0.25) is 0 Å². The fourth-order valence-electron chi connectivity index (χ4n) is 2.53. The minimum atomic E-state index is -0.560. The van der Waals surface area contributed by atoms with Crippen molar-refractivity contribution in [3.05, 3.63) is 53.0 Å². The van der Waals surface area contributed by atoms with Gasteiger partial charge in [0.2, 0.25) is 0 Å². The lowest BCUT2D eigenvalue weighted by molar-refractivity contribution is 0.165. The highest BCUT2D eigenvalue weighted by molar-refractivity contribution is 5.50. The summed E-state index contributed by atoms with van der Waals surface area (Å²) in [6.45, 7) is 4.35. The molecule has 3 heteroatoms. The SMILES string of the molecule is Cc1ccc2c(c1)[C@](CO)(c1ccc(C)o1)CO2. The van der Waals surface area contributed by atoms with Crippen molar-refractivity contribution >= 4 is 0 Å². The molecule has 1 atom stereocenters. The molecule has 0 bridgehead atoms.